The fraction of sp³-hybridized carbons (Fsp3) is 0.667. The Bertz CT molecular complexity index is 1950. The van der Waals surface area contributed by atoms with Gasteiger partial charge >= 0.3 is 29.4 Å². The number of carboxylic acids is 1. The number of nitrogen functional groups attached to an aromatic ring is 1. The van der Waals surface area contributed by atoms with Crippen molar-refractivity contribution in [3.8, 4) is 0 Å². The largest absolute Gasteiger partial charge is 0.481 e. The van der Waals surface area contributed by atoms with E-state index in [0.29, 0.717) is 11.8 Å². The van der Waals surface area contributed by atoms with E-state index in [-0.39, 0.29) is 48.7 Å². The highest BCUT2D eigenvalue weighted by Crippen LogP contribution is 2.61. The summed E-state index contributed by atoms with van der Waals surface area (Å²) in [5, 5.41) is 44.5. The fourth-order valence-electron chi connectivity index (χ4n) is 5.00. The zero-order chi connectivity index (χ0) is 43.9. The minimum Gasteiger partial charge on any atom is -0.481 e. The summed E-state index contributed by atoms with van der Waals surface area (Å²) in [6.45, 7) is 1.43. The van der Waals surface area contributed by atoms with Gasteiger partial charge in [0, 0.05) is 30.7 Å². The summed E-state index contributed by atoms with van der Waals surface area (Å²) in [7, 11) is -16.5. The topological polar surface area (TPSA) is 421 Å². The van der Waals surface area contributed by atoms with Crippen molar-refractivity contribution in [3.05, 3.63) is 12.7 Å². The lowest BCUT2D eigenvalue weighted by Gasteiger charge is -2.30. The first-order valence-electron chi connectivity index (χ1n) is 16.7. The van der Waals surface area contributed by atoms with E-state index in [9.17, 15) is 67.8 Å². The van der Waals surface area contributed by atoms with Gasteiger partial charge in [-0.25, -0.2) is 28.6 Å². The van der Waals surface area contributed by atoms with Gasteiger partial charge in [0.25, 0.3) is 0 Å². The Morgan fingerprint density at radius 2 is 1.71 bits per heavy atom. The number of imidazole rings is 1. The maximum Gasteiger partial charge on any atom is 0.481 e. The van der Waals surface area contributed by atoms with Crippen LogP contribution in [0.5, 0.6) is 0 Å². The molecule has 328 valence electrons. The van der Waals surface area contributed by atoms with Crippen LogP contribution in [0.25, 0.3) is 11.2 Å². The molecule has 0 spiro atoms. The number of phosphoric ester groups is 3. The molecule has 8 atom stereocenters. The predicted octanol–water partition coefficient (Wildman–Crippen LogP) is -1.72. The number of hydrogen-bond donors (Lipinski definition) is 11. The normalized spacial score (nSPS) is 22.4. The third-order valence-corrected chi connectivity index (χ3v) is 12.3. The molecule has 2 aromatic rings. The smallest absolute Gasteiger partial charge is 0.481 e. The van der Waals surface area contributed by atoms with Crippen LogP contribution in [0.1, 0.15) is 46.3 Å². The maximum absolute atomic E-state index is 12.7. The predicted molar refractivity (Wildman–Crippen MR) is 195 cm³/mol. The Hall–Kier alpha value is -3.01. The van der Waals surface area contributed by atoms with Crippen molar-refractivity contribution in [3.63, 3.8) is 0 Å². The van der Waals surface area contributed by atoms with E-state index in [4.69, 9.17) is 24.6 Å². The SMILES string of the molecule is CCC(O)(CC(=O)O)C(=O)SCCNC(=O)CCNC(=O)C(O)C(C)(C)COP(=O)(O)OP(=O)(O)OCC1OC(n2cnc3c(N)ncnc32)C(O)C1OP(=O)(O)O. The zero-order valence-electron chi connectivity index (χ0n) is 30.8. The summed E-state index contributed by atoms with van der Waals surface area (Å²) in [5.41, 5.74) is 2.10. The molecule has 1 aliphatic heterocycles. The molecule has 0 aliphatic carbocycles. The van der Waals surface area contributed by atoms with Crippen LogP contribution in [0.4, 0.5) is 5.82 Å². The van der Waals surface area contributed by atoms with Gasteiger partial charge in [-0.3, -0.25) is 37.3 Å². The molecule has 0 aromatic carbocycles. The minimum absolute atomic E-state index is 0.00811. The second-order valence-electron chi connectivity index (χ2n) is 13.2. The molecule has 3 rings (SSSR count). The highest BCUT2D eigenvalue weighted by molar-refractivity contribution is 8.13. The Kier molecular flexibility index (Phi) is 17.0. The number of ether oxygens (including phenoxy) is 1. The van der Waals surface area contributed by atoms with Crippen molar-refractivity contribution in [2.45, 2.75) is 76.3 Å². The van der Waals surface area contributed by atoms with Gasteiger partial charge in [-0.05, 0) is 6.42 Å². The summed E-state index contributed by atoms with van der Waals surface area (Å²) in [4.78, 5) is 98.6. The Morgan fingerprint density at radius 1 is 1.05 bits per heavy atom. The van der Waals surface area contributed by atoms with Crippen LogP contribution in [0.2, 0.25) is 0 Å². The number of thioether (sulfide) groups is 1. The molecule has 0 saturated carbocycles. The number of anilines is 1. The van der Waals surface area contributed by atoms with E-state index in [0.717, 1.165) is 17.2 Å². The Labute approximate surface area is 332 Å². The molecule has 1 fully saturated rings. The molecule has 2 amide bonds. The first-order valence-corrected chi connectivity index (χ1v) is 22.2. The molecule has 27 nitrogen and oxygen atoms in total. The number of aliphatic hydroxyl groups excluding tert-OH is 2. The number of carbonyl (C=O) groups excluding carboxylic acids is 3. The lowest BCUT2D eigenvalue weighted by molar-refractivity contribution is -0.147. The van der Waals surface area contributed by atoms with Crippen molar-refractivity contribution >= 4 is 75.1 Å². The van der Waals surface area contributed by atoms with Gasteiger partial charge in [-0.15, -0.1) is 0 Å². The van der Waals surface area contributed by atoms with Crippen LogP contribution >= 0.6 is 35.2 Å². The van der Waals surface area contributed by atoms with Crippen molar-refractivity contribution in [1.29, 1.82) is 0 Å². The molecule has 0 bridgehead atoms. The first-order chi connectivity index (χ1) is 26.7. The van der Waals surface area contributed by atoms with Crippen molar-refractivity contribution in [2.75, 3.05) is 37.8 Å². The number of nitrogens with two attached hydrogens (primary N) is 1. The van der Waals surface area contributed by atoms with Crippen molar-refractivity contribution in [1.82, 2.24) is 30.2 Å². The summed E-state index contributed by atoms with van der Waals surface area (Å²) in [6.07, 6.45) is -8.13. The van der Waals surface area contributed by atoms with E-state index >= 15 is 0 Å². The quantitative estimate of drug-likeness (QED) is 0.0436. The molecular formula is C27H44N7O20P3S. The number of carbonyl (C=O) groups is 4. The van der Waals surface area contributed by atoms with Crippen LogP contribution < -0.4 is 16.4 Å². The van der Waals surface area contributed by atoms with Crippen LogP contribution in [0.15, 0.2) is 12.7 Å². The summed E-state index contributed by atoms with van der Waals surface area (Å²) in [5.74, 6) is -3.03. The standard InChI is InChI=1S/C27H44N7O20P3S/c1-4-27(42,9-16(36)37)25(41)58-8-7-29-15(35)5-6-30-23(40)20(39)26(2,3)11-51-57(48,49)54-56(46,47)50-10-14-19(53-55(43,44)45)18(38)24(52-14)34-13-33-17-21(28)31-12-32-22(17)34/h12-14,18-20,24,38-39,42H,4-11H2,1-3H3,(H,29,35)(H,30,40)(H,36,37)(H,46,47)(H,48,49)(H2,28,31,32)(H2,43,44,45). The van der Waals surface area contributed by atoms with Gasteiger partial charge < -0.3 is 61.1 Å². The number of aliphatic carboxylic acids is 1. The average molecular weight is 912 g/mol. The Balaban J connectivity index is 1.48. The average Bonchev–Trinajstić information content (AvgIpc) is 3.67. The molecule has 3 heterocycles. The number of rotatable bonds is 23. The van der Waals surface area contributed by atoms with Gasteiger partial charge in [0.2, 0.25) is 16.9 Å². The van der Waals surface area contributed by atoms with Crippen molar-refractivity contribution < 1.29 is 95.5 Å². The highest BCUT2D eigenvalue weighted by atomic mass is 32.2. The van der Waals surface area contributed by atoms with E-state index < -0.39 is 108 Å². The number of aliphatic hydroxyl groups is 3. The van der Waals surface area contributed by atoms with Gasteiger partial charge in [0.05, 0.1) is 26.0 Å². The zero-order valence-corrected chi connectivity index (χ0v) is 34.3. The van der Waals surface area contributed by atoms with E-state index in [1.807, 2.05) is 0 Å². The number of nitrogens with zero attached hydrogens (tertiary/aromatic N) is 4. The minimum atomic E-state index is -5.60. The third-order valence-electron chi connectivity index (χ3n) is 8.14. The molecule has 1 saturated heterocycles. The lowest BCUT2D eigenvalue weighted by atomic mass is 9.87. The molecule has 1 aliphatic rings. The molecule has 0 radical (unpaired) electrons. The fourth-order valence-corrected chi connectivity index (χ4v) is 8.70. The molecule has 58 heavy (non-hydrogen) atoms. The number of amides is 2. The second kappa shape index (κ2) is 20.0. The molecule has 12 N–H and O–H groups in total. The number of aromatic nitrogens is 4. The van der Waals surface area contributed by atoms with E-state index in [2.05, 4.69) is 34.4 Å². The van der Waals surface area contributed by atoms with Crippen LogP contribution in [-0.2, 0) is 55.5 Å². The summed E-state index contributed by atoms with van der Waals surface area (Å²) >= 11 is 0.630. The number of hydrogen-bond acceptors (Lipinski definition) is 20. The van der Waals surface area contributed by atoms with Crippen LogP contribution in [-0.4, -0.2) is 144 Å². The van der Waals surface area contributed by atoms with E-state index in [1.165, 1.54) is 20.8 Å². The third kappa shape index (κ3) is 14.0. The monoisotopic (exact) mass is 911 g/mol. The second-order valence-corrected chi connectivity index (χ2v) is 18.5. The lowest BCUT2D eigenvalue weighted by Crippen LogP contribution is -2.46. The molecule has 8 unspecified atom stereocenters. The van der Waals surface area contributed by atoms with Crippen molar-refractivity contribution in [2.24, 2.45) is 5.41 Å². The number of carboxylic acid groups (broad SMARTS) is 1. The summed E-state index contributed by atoms with van der Waals surface area (Å²) in [6, 6.07) is 0. The number of phosphoric acid groups is 3. The van der Waals surface area contributed by atoms with Gasteiger partial charge in [0.1, 0.15) is 41.9 Å². The highest BCUT2D eigenvalue weighted by Gasteiger charge is 2.50. The molecular weight excluding hydrogens is 867 g/mol. The van der Waals surface area contributed by atoms with Gasteiger partial charge in [-0.1, -0.05) is 32.5 Å². The summed E-state index contributed by atoms with van der Waals surface area (Å²) < 4.78 is 62.0. The van der Waals surface area contributed by atoms with Gasteiger partial charge in [-0.2, -0.15) is 4.31 Å². The maximum atomic E-state index is 12.7. The number of nitrogens with one attached hydrogen (secondary N) is 2. The Morgan fingerprint density at radius 3 is 2.33 bits per heavy atom. The number of fused-ring (bicyclic) bond motifs is 1. The molecule has 31 heteroatoms. The molecule has 2 aromatic heterocycles. The first kappa shape index (κ1) is 49.4. The van der Waals surface area contributed by atoms with Gasteiger partial charge in [0.15, 0.2) is 17.7 Å². The van der Waals surface area contributed by atoms with E-state index in [1.54, 1.807) is 0 Å². The van der Waals surface area contributed by atoms with Crippen LogP contribution in [0, 0.1) is 5.41 Å². The van der Waals surface area contributed by atoms with Crippen LogP contribution in [0.3, 0.4) is 0 Å².